The second-order valence-electron chi connectivity index (χ2n) is 9.35. The number of aliphatic hydroxyl groups is 1. The summed E-state index contributed by atoms with van der Waals surface area (Å²) in [6.45, 7) is 9.26. The molecule has 1 aromatic carbocycles. The summed E-state index contributed by atoms with van der Waals surface area (Å²) in [6.07, 6.45) is 3.92. The highest BCUT2D eigenvalue weighted by Crippen LogP contribution is 2.28. The van der Waals surface area contributed by atoms with E-state index < -0.39 is 36.4 Å². The molecule has 0 saturated carbocycles. The van der Waals surface area contributed by atoms with Crippen LogP contribution in [-0.4, -0.2) is 92.1 Å². The Morgan fingerprint density at radius 3 is 2.27 bits per heavy atom. The summed E-state index contributed by atoms with van der Waals surface area (Å²) in [5.74, 6) is -3.52. The Labute approximate surface area is 232 Å². The van der Waals surface area contributed by atoms with Gasteiger partial charge >= 0.3 is 17.9 Å². The van der Waals surface area contributed by atoms with E-state index in [1.807, 2.05) is 23.0 Å². The first-order chi connectivity index (χ1) is 18.9. The first-order valence-electron chi connectivity index (χ1n) is 12.5. The van der Waals surface area contributed by atoms with Crippen LogP contribution in [0.1, 0.15) is 42.5 Å². The quantitative estimate of drug-likeness (QED) is 0.264. The summed E-state index contributed by atoms with van der Waals surface area (Å²) in [4.78, 5) is 32.9. The van der Waals surface area contributed by atoms with Gasteiger partial charge in [-0.15, -0.1) is 0 Å². The highest BCUT2D eigenvalue weighted by Gasteiger charge is 2.40. The minimum absolute atomic E-state index is 0.292. The van der Waals surface area contributed by atoms with E-state index in [1.54, 1.807) is 20.4 Å². The summed E-state index contributed by atoms with van der Waals surface area (Å²) in [6, 6.07) is 6.09. The number of carboxylic acid groups (broad SMARTS) is 3. The second kappa shape index (κ2) is 15.0. The van der Waals surface area contributed by atoms with Gasteiger partial charge in [0.1, 0.15) is 0 Å². The molecule has 220 valence electrons. The van der Waals surface area contributed by atoms with Crippen LogP contribution >= 0.6 is 0 Å². The number of aromatic nitrogens is 2. The number of carboxylic acids is 3. The zero-order valence-electron chi connectivity index (χ0n) is 22.9. The molecule has 1 aliphatic heterocycles. The number of hydrogen-bond acceptors (Lipinski definition) is 9. The lowest BCUT2D eigenvalue weighted by Gasteiger charge is -2.25. The van der Waals surface area contributed by atoms with Gasteiger partial charge in [-0.3, -0.25) is 14.5 Å². The van der Waals surface area contributed by atoms with Crippen LogP contribution in [0, 0.1) is 6.92 Å². The maximum Gasteiger partial charge on any atom is 0.336 e. The van der Waals surface area contributed by atoms with Crippen LogP contribution in [0.3, 0.4) is 0 Å². The fourth-order valence-electron chi connectivity index (χ4n) is 4.25. The van der Waals surface area contributed by atoms with E-state index in [2.05, 4.69) is 29.6 Å². The molecule has 1 fully saturated rings. The van der Waals surface area contributed by atoms with Crippen molar-refractivity contribution in [2.24, 2.45) is 0 Å². The van der Waals surface area contributed by atoms with E-state index >= 15 is 0 Å². The van der Waals surface area contributed by atoms with Gasteiger partial charge in [-0.1, -0.05) is 12.6 Å². The van der Waals surface area contributed by atoms with Gasteiger partial charge < -0.3 is 34.6 Å². The Morgan fingerprint density at radius 1 is 1.15 bits per heavy atom. The maximum absolute atomic E-state index is 10.3. The first kappa shape index (κ1) is 32.3. The summed E-state index contributed by atoms with van der Waals surface area (Å²) < 4.78 is 18.5. The van der Waals surface area contributed by atoms with E-state index in [9.17, 15) is 14.4 Å². The lowest BCUT2D eigenvalue weighted by Crippen LogP contribution is -2.42. The largest absolute Gasteiger partial charge is 0.493 e. The standard InChI is InChI=1S/C21H29N3O3.C6H8O7/c1-5-24-16(2)18(12-22-24)14-23(15-19-7-6-10-27-19)13-17-8-9-20(25-3)21(11-17)26-4;7-3(8)1-6(13,5(11)12)2-4(9)10/h5,8-9,11-12,19H,1,6-7,10,13-15H2,2-4H3;13H,1-2H2,(H,7,8)(H,9,10)(H,11,12). The minimum Gasteiger partial charge on any atom is -0.493 e. The smallest absolute Gasteiger partial charge is 0.336 e. The molecular formula is C27H37N3O10. The van der Waals surface area contributed by atoms with E-state index in [4.69, 9.17) is 34.6 Å². The third-order valence-corrected chi connectivity index (χ3v) is 6.34. The van der Waals surface area contributed by atoms with Crippen LogP contribution in [0.25, 0.3) is 6.20 Å². The van der Waals surface area contributed by atoms with Gasteiger partial charge in [0.15, 0.2) is 17.1 Å². The van der Waals surface area contributed by atoms with Crippen molar-refractivity contribution in [2.45, 2.75) is 57.4 Å². The number of benzene rings is 1. The zero-order chi connectivity index (χ0) is 29.9. The molecule has 0 radical (unpaired) electrons. The van der Waals surface area contributed by atoms with Crippen molar-refractivity contribution in [1.29, 1.82) is 0 Å². The average Bonchev–Trinajstić information content (AvgIpc) is 3.52. The SMILES string of the molecule is C=Cn1ncc(CN(Cc2ccc(OC)c(OC)c2)CC2CCCO2)c1C.O=C(O)CC(O)(CC(=O)O)C(=O)O. The van der Waals surface area contributed by atoms with Crippen LogP contribution in [0.5, 0.6) is 11.5 Å². The fourth-order valence-corrected chi connectivity index (χ4v) is 4.25. The molecule has 1 atom stereocenters. The summed E-state index contributed by atoms with van der Waals surface area (Å²) in [7, 11) is 3.32. The molecule has 3 rings (SSSR count). The third-order valence-electron chi connectivity index (χ3n) is 6.34. The molecule has 13 nitrogen and oxygen atoms in total. The van der Waals surface area contributed by atoms with Crippen molar-refractivity contribution < 1.29 is 49.0 Å². The van der Waals surface area contributed by atoms with E-state index in [0.717, 1.165) is 56.3 Å². The molecule has 1 saturated heterocycles. The van der Waals surface area contributed by atoms with Gasteiger partial charge in [-0.05, 0) is 37.5 Å². The van der Waals surface area contributed by atoms with Crippen LogP contribution in [0.2, 0.25) is 0 Å². The van der Waals surface area contributed by atoms with Crippen LogP contribution < -0.4 is 9.47 Å². The number of hydrogen-bond donors (Lipinski definition) is 4. The summed E-state index contributed by atoms with van der Waals surface area (Å²) in [5.41, 5.74) is 0.764. The third kappa shape index (κ3) is 9.36. The Kier molecular flexibility index (Phi) is 12.1. The molecule has 40 heavy (non-hydrogen) atoms. The Morgan fingerprint density at radius 2 is 1.80 bits per heavy atom. The van der Waals surface area contributed by atoms with Crippen LogP contribution in [0.15, 0.2) is 31.0 Å². The normalized spacial score (nSPS) is 14.8. The zero-order valence-corrected chi connectivity index (χ0v) is 22.9. The summed E-state index contributed by atoms with van der Waals surface area (Å²) >= 11 is 0. The monoisotopic (exact) mass is 563 g/mol. The number of methoxy groups -OCH3 is 2. The molecule has 0 aliphatic carbocycles. The van der Waals surface area contributed by atoms with Gasteiger partial charge in [0.25, 0.3) is 0 Å². The first-order valence-corrected chi connectivity index (χ1v) is 12.5. The van der Waals surface area contributed by atoms with E-state index in [1.165, 1.54) is 11.1 Å². The molecular weight excluding hydrogens is 526 g/mol. The molecule has 2 heterocycles. The highest BCUT2D eigenvalue weighted by molar-refractivity contribution is 5.88. The van der Waals surface area contributed by atoms with Crippen molar-refractivity contribution in [3.8, 4) is 11.5 Å². The van der Waals surface area contributed by atoms with Gasteiger partial charge in [0, 0.05) is 43.7 Å². The van der Waals surface area contributed by atoms with Crippen molar-refractivity contribution in [3.63, 3.8) is 0 Å². The van der Waals surface area contributed by atoms with Gasteiger partial charge in [-0.25, -0.2) is 9.48 Å². The number of aliphatic carboxylic acids is 3. The van der Waals surface area contributed by atoms with E-state index in [0.29, 0.717) is 6.10 Å². The molecule has 2 aromatic rings. The predicted octanol–water partition coefficient (Wildman–Crippen LogP) is 2.24. The van der Waals surface area contributed by atoms with Crippen LogP contribution in [0.4, 0.5) is 0 Å². The Bertz CT molecular complexity index is 1160. The topological polar surface area (TPSA) is 181 Å². The van der Waals surface area contributed by atoms with Gasteiger partial charge in [-0.2, -0.15) is 5.10 Å². The summed E-state index contributed by atoms with van der Waals surface area (Å²) in [5, 5.41) is 38.2. The number of ether oxygens (including phenoxy) is 3. The molecule has 1 aromatic heterocycles. The number of nitrogens with zero attached hydrogens (tertiary/aromatic N) is 3. The van der Waals surface area contributed by atoms with Gasteiger partial charge in [0.2, 0.25) is 0 Å². The lowest BCUT2D eigenvalue weighted by atomic mass is 9.96. The molecule has 0 amide bonds. The maximum atomic E-state index is 10.3. The average molecular weight is 564 g/mol. The van der Waals surface area contributed by atoms with Crippen molar-refractivity contribution in [1.82, 2.24) is 14.7 Å². The van der Waals surface area contributed by atoms with Gasteiger partial charge in [0.05, 0.1) is 39.4 Å². The number of rotatable bonds is 14. The van der Waals surface area contributed by atoms with Crippen molar-refractivity contribution >= 4 is 24.1 Å². The van der Waals surface area contributed by atoms with Crippen molar-refractivity contribution in [2.75, 3.05) is 27.4 Å². The lowest BCUT2D eigenvalue weighted by molar-refractivity contribution is -0.170. The van der Waals surface area contributed by atoms with E-state index in [-0.39, 0.29) is 0 Å². The minimum atomic E-state index is -2.74. The predicted molar refractivity (Wildman–Crippen MR) is 143 cm³/mol. The highest BCUT2D eigenvalue weighted by atomic mass is 16.5. The number of carbonyl (C=O) groups is 3. The Hall–Kier alpha value is -3.94. The molecule has 4 N–H and O–H groups in total. The molecule has 1 aliphatic rings. The molecule has 0 bridgehead atoms. The fraction of sp³-hybridized carbons (Fsp3) is 0.481. The van der Waals surface area contributed by atoms with Crippen LogP contribution in [-0.2, 0) is 32.2 Å². The molecule has 13 heteroatoms. The van der Waals surface area contributed by atoms with Crippen molar-refractivity contribution in [3.05, 3.63) is 47.8 Å². The molecule has 0 spiro atoms. The Balaban J connectivity index is 0.000000366. The second-order valence-corrected chi connectivity index (χ2v) is 9.35. The molecule has 1 unspecified atom stereocenters.